The molecule has 2 aromatic carbocycles. The number of aromatic nitrogens is 3. The van der Waals surface area contributed by atoms with Crippen LogP contribution >= 0.6 is 11.8 Å². The molecule has 8 heteroatoms. The summed E-state index contributed by atoms with van der Waals surface area (Å²) in [4.78, 5) is 12.2. The molecule has 1 heterocycles. The van der Waals surface area contributed by atoms with Crippen LogP contribution in [0.4, 0.5) is 11.4 Å². The summed E-state index contributed by atoms with van der Waals surface area (Å²) in [6.07, 6.45) is 0. The van der Waals surface area contributed by atoms with Crippen LogP contribution in [0.3, 0.4) is 0 Å². The summed E-state index contributed by atoms with van der Waals surface area (Å²) in [7, 11) is 3.54. The standard InChI is InChI=1S/C20H23N5O2S/c1-14-5-4-6-16(11-14)22-19(26)13-28-20-24-23-18(25(20)2)12-21-15-7-9-17(27-3)10-8-15/h4-11,21H,12-13H2,1-3H3,(H,22,26). The minimum atomic E-state index is -0.0727. The van der Waals surface area contributed by atoms with E-state index in [1.807, 2.05) is 67.1 Å². The van der Waals surface area contributed by atoms with Gasteiger partial charge in [-0.2, -0.15) is 0 Å². The molecule has 1 amide bonds. The van der Waals surface area contributed by atoms with Crippen molar-refractivity contribution in [3.63, 3.8) is 0 Å². The van der Waals surface area contributed by atoms with Crippen LogP contribution in [0.5, 0.6) is 5.75 Å². The largest absolute Gasteiger partial charge is 0.497 e. The summed E-state index contributed by atoms with van der Waals surface area (Å²) >= 11 is 1.36. The molecule has 146 valence electrons. The number of nitrogens with one attached hydrogen (secondary N) is 2. The minimum absolute atomic E-state index is 0.0727. The quantitative estimate of drug-likeness (QED) is 0.567. The Morgan fingerprint density at radius 3 is 2.64 bits per heavy atom. The van der Waals surface area contributed by atoms with Crippen molar-refractivity contribution in [2.24, 2.45) is 7.05 Å². The molecule has 7 nitrogen and oxygen atoms in total. The van der Waals surface area contributed by atoms with Gasteiger partial charge in [0, 0.05) is 18.4 Å². The monoisotopic (exact) mass is 397 g/mol. The lowest BCUT2D eigenvalue weighted by Gasteiger charge is -2.08. The van der Waals surface area contributed by atoms with Gasteiger partial charge in [0.15, 0.2) is 11.0 Å². The number of carbonyl (C=O) groups is 1. The Balaban J connectivity index is 1.51. The number of amides is 1. The fourth-order valence-corrected chi connectivity index (χ4v) is 3.29. The fraction of sp³-hybridized carbons (Fsp3) is 0.250. The van der Waals surface area contributed by atoms with E-state index in [1.54, 1.807) is 7.11 Å². The van der Waals surface area contributed by atoms with Gasteiger partial charge in [0.2, 0.25) is 5.91 Å². The van der Waals surface area contributed by atoms with E-state index in [1.165, 1.54) is 11.8 Å². The second kappa shape index (κ2) is 9.27. The minimum Gasteiger partial charge on any atom is -0.497 e. The third kappa shape index (κ3) is 5.26. The average Bonchev–Trinajstić information content (AvgIpc) is 3.05. The molecule has 0 unspecified atom stereocenters. The van der Waals surface area contributed by atoms with Crippen molar-refractivity contribution < 1.29 is 9.53 Å². The second-order valence-electron chi connectivity index (χ2n) is 6.25. The predicted octanol–water partition coefficient (Wildman–Crippen LogP) is 3.48. The van der Waals surface area contributed by atoms with Gasteiger partial charge in [-0.25, -0.2) is 0 Å². The van der Waals surface area contributed by atoms with Crippen molar-refractivity contribution in [3.05, 3.63) is 59.9 Å². The number of carbonyl (C=O) groups excluding carboxylic acids is 1. The number of rotatable bonds is 8. The topological polar surface area (TPSA) is 81.1 Å². The highest BCUT2D eigenvalue weighted by molar-refractivity contribution is 7.99. The van der Waals surface area contributed by atoms with Crippen molar-refractivity contribution >= 4 is 29.0 Å². The molecule has 0 atom stereocenters. The Morgan fingerprint density at radius 2 is 1.93 bits per heavy atom. The number of anilines is 2. The van der Waals surface area contributed by atoms with Gasteiger partial charge in [0.05, 0.1) is 19.4 Å². The first kappa shape index (κ1) is 19.8. The van der Waals surface area contributed by atoms with Crippen LogP contribution in [0.15, 0.2) is 53.7 Å². The number of hydrogen-bond acceptors (Lipinski definition) is 6. The Hall–Kier alpha value is -3.00. The third-order valence-electron chi connectivity index (χ3n) is 4.10. The molecule has 3 aromatic rings. The molecule has 3 rings (SSSR count). The van der Waals surface area contributed by atoms with E-state index < -0.39 is 0 Å². The Morgan fingerprint density at radius 1 is 1.14 bits per heavy atom. The molecule has 28 heavy (non-hydrogen) atoms. The molecule has 1 aromatic heterocycles. The maximum absolute atomic E-state index is 12.2. The van der Waals surface area contributed by atoms with Crippen LogP contribution in [-0.4, -0.2) is 33.5 Å². The van der Waals surface area contributed by atoms with E-state index in [2.05, 4.69) is 20.8 Å². The zero-order valence-electron chi connectivity index (χ0n) is 16.1. The number of benzene rings is 2. The smallest absolute Gasteiger partial charge is 0.234 e. The summed E-state index contributed by atoms with van der Waals surface area (Å²) < 4.78 is 7.04. The summed E-state index contributed by atoms with van der Waals surface area (Å²) in [5.41, 5.74) is 2.87. The van der Waals surface area contributed by atoms with E-state index >= 15 is 0 Å². The van der Waals surface area contributed by atoms with Gasteiger partial charge >= 0.3 is 0 Å². The zero-order chi connectivity index (χ0) is 19.9. The molecule has 2 N–H and O–H groups in total. The summed E-state index contributed by atoms with van der Waals surface area (Å²) in [5.74, 6) is 1.80. The number of thioether (sulfide) groups is 1. The first-order valence-corrected chi connectivity index (χ1v) is 9.79. The van der Waals surface area contributed by atoms with Gasteiger partial charge in [-0.05, 0) is 48.9 Å². The molecule has 0 aliphatic rings. The highest BCUT2D eigenvalue weighted by Gasteiger charge is 2.11. The van der Waals surface area contributed by atoms with Crippen molar-refractivity contribution in [1.82, 2.24) is 14.8 Å². The van der Waals surface area contributed by atoms with Gasteiger partial charge < -0.3 is 19.9 Å². The average molecular weight is 398 g/mol. The molecule has 0 saturated carbocycles. The van der Waals surface area contributed by atoms with Gasteiger partial charge in [0.1, 0.15) is 5.75 Å². The number of ether oxygens (including phenoxy) is 1. The van der Waals surface area contributed by atoms with Crippen LogP contribution in [0.25, 0.3) is 0 Å². The van der Waals surface area contributed by atoms with Gasteiger partial charge in [-0.1, -0.05) is 23.9 Å². The Labute approximate surface area is 168 Å². The molecular formula is C20H23N5O2S. The maximum Gasteiger partial charge on any atom is 0.234 e. The van der Waals surface area contributed by atoms with Crippen molar-refractivity contribution in [3.8, 4) is 5.75 Å². The molecule has 0 bridgehead atoms. The lowest BCUT2D eigenvalue weighted by atomic mass is 10.2. The van der Waals surface area contributed by atoms with Crippen molar-refractivity contribution in [2.75, 3.05) is 23.5 Å². The van der Waals surface area contributed by atoms with E-state index in [9.17, 15) is 4.79 Å². The van der Waals surface area contributed by atoms with Crippen molar-refractivity contribution in [1.29, 1.82) is 0 Å². The number of aryl methyl sites for hydroxylation is 1. The first-order chi connectivity index (χ1) is 13.5. The number of hydrogen-bond donors (Lipinski definition) is 2. The first-order valence-electron chi connectivity index (χ1n) is 8.80. The second-order valence-corrected chi connectivity index (χ2v) is 7.19. The molecule has 0 aliphatic carbocycles. The number of nitrogens with zero attached hydrogens (tertiary/aromatic N) is 3. The Bertz CT molecular complexity index is 940. The maximum atomic E-state index is 12.2. The number of methoxy groups -OCH3 is 1. The molecule has 0 fully saturated rings. The third-order valence-corrected chi connectivity index (χ3v) is 5.12. The predicted molar refractivity (Wildman–Crippen MR) is 112 cm³/mol. The van der Waals surface area contributed by atoms with Gasteiger partial charge in [-0.3, -0.25) is 4.79 Å². The lowest BCUT2D eigenvalue weighted by molar-refractivity contribution is -0.113. The highest BCUT2D eigenvalue weighted by Crippen LogP contribution is 2.19. The lowest BCUT2D eigenvalue weighted by Crippen LogP contribution is -2.14. The van der Waals surface area contributed by atoms with Crippen LogP contribution in [0, 0.1) is 6.92 Å². The van der Waals surface area contributed by atoms with Gasteiger partial charge in [0.25, 0.3) is 0 Å². The van der Waals surface area contributed by atoms with E-state index in [4.69, 9.17) is 4.74 Å². The summed E-state index contributed by atoms with van der Waals surface area (Å²) in [5, 5.41) is 15.3. The summed E-state index contributed by atoms with van der Waals surface area (Å²) in [6, 6.07) is 15.4. The molecule has 0 saturated heterocycles. The van der Waals surface area contributed by atoms with E-state index in [0.29, 0.717) is 11.7 Å². The van der Waals surface area contributed by atoms with Crippen molar-refractivity contribution in [2.45, 2.75) is 18.6 Å². The van der Waals surface area contributed by atoms with Crippen LogP contribution in [0.2, 0.25) is 0 Å². The SMILES string of the molecule is COc1ccc(NCc2nnc(SCC(=O)Nc3cccc(C)c3)n2C)cc1. The summed E-state index contributed by atoms with van der Waals surface area (Å²) in [6.45, 7) is 2.53. The fourth-order valence-electron chi connectivity index (χ4n) is 2.56. The van der Waals surface area contributed by atoms with E-state index in [-0.39, 0.29) is 11.7 Å². The molecule has 0 radical (unpaired) electrons. The van der Waals surface area contributed by atoms with Crippen LogP contribution in [0.1, 0.15) is 11.4 Å². The highest BCUT2D eigenvalue weighted by atomic mass is 32.2. The van der Waals surface area contributed by atoms with Gasteiger partial charge in [-0.15, -0.1) is 10.2 Å². The zero-order valence-corrected chi connectivity index (χ0v) is 16.9. The molecule has 0 aliphatic heterocycles. The Kier molecular flexibility index (Phi) is 6.54. The molecule has 0 spiro atoms. The van der Waals surface area contributed by atoms with Crippen LogP contribution < -0.4 is 15.4 Å². The van der Waals surface area contributed by atoms with Crippen LogP contribution in [-0.2, 0) is 18.4 Å². The molecular weight excluding hydrogens is 374 g/mol. The van der Waals surface area contributed by atoms with E-state index in [0.717, 1.165) is 28.5 Å². The normalized spacial score (nSPS) is 10.5.